The molecule has 1 nitrogen and oxygen atoms in total. The summed E-state index contributed by atoms with van der Waals surface area (Å²) < 4.78 is 0. The van der Waals surface area contributed by atoms with Gasteiger partial charge in [-0.3, -0.25) is 0 Å². The zero-order valence-electron chi connectivity index (χ0n) is 33.2. The van der Waals surface area contributed by atoms with Crippen molar-refractivity contribution >= 4 is 28.8 Å². The van der Waals surface area contributed by atoms with E-state index in [2.05, 4.69) is 172 Å². The smallest absolute Gasteiger partial charge is 0.0682 e. The van der Waals surface area contributed by atoms with Crippen LogP contribution in [0.3, 0.4) is 0 Å². The second-order valence-corrected chi connectivity index (χ2v) is 20.7. The Kier molecular flexibility index (Phi) is 6.92. The zero-order valence-corrected chi connectivity index (χ0v) is 34.0. The van der Waals surface area contributed by atoms with Crippen molar-refractivity contribution in [2.24, 2.45) is 29.1 Å². The monoisotopic (exact) mass is 745 g/mol. The Labute approximate surface area is 337 Å². The van der Waals surface area contributed by atoms with Crippen molar-refractivity contribution in [3.63, 3.8) is 0 Å². The van der Waals surface area contributed by atoms with Gasteiger partial charge in [-0.05, 0) is 148 Å². The van der Waals surface area contributed by atoms with E-state index >= 15 is 0 Å². The lowest BCUT2D eigenvalue weighted by molar-refractivity contribution is -0.235. The number of rotatable bonds is 5. The minimum absolute atomic E-state index is 0.0948. The van der Waals surface area contributed by atoms with Gasteiger partial charge in [0.05, 0.1) is 5.69 Å². The van der Waals surface area contributed by atoms with Crippen LogP contribution < -0.4 is 4.90 Å². The highest BCUT2D eigenvalue weighted by atomic mass is 32.2. The van der Waals surface area contributed by atoms with Gasteiger partial charge in [0.25, 0.3) is 0 Å². The van der Waals surface area contributed by atoms with Crippen LogP contribution in [0.4, 0.5) is 17.1 Å². The van der Waals surface area contributed by atoms with Crippen LogP contribution in [0.2, 0.25) is 0 Å². The van der Waals surface area contributed by atoms with Crippen molar-refractivity contribution in [2.45, 2.75) is 92.3 Å². The van der Waals surface area contributed by atoms with Crippen LogP contribution >= 0.6 is 11.8 Å². The highest BCUT2D eigenvalue weighted by Crippen LogP contribution is 2.89. The van der Waals surface area contributed by atoms with E-state index in [1.807, 2.05) is 11.8 Å². The number of hydrogen-bond acceptors (Lipinski definition) is 2. The number of hydrogen-bond donors (Lipinski definition) is 0. The molecule has 4 saturated carbocycles. The Hall–Kier alpha value is -4.53. The van der Waals surface area contributed by atoms with Crippen LogP contribution in [0.15, 0.2) is 149 Å². The summed E-state index contributed by atoms with van der Waals surface area (Å²) in [6, 6.07) is 53.7. The van der Waals surface area contributed by atoms with Gasteiger partial charge >= 0.3 is 0 Å². The Morgan fingerprint density at radius 2 is 1.16 bits per heavy atom. The summed E-state index contributed by atoms with van der Waals surface area (Å²) in [5, 5.41) is 0. The van der Waals surface area contributed by atoms with Gasteiger partial charge in [0.1, 0.15) is 0 Å². The van der Waals surface area contributed by atoms with E-state index in [-0.39, 0.29) is 16.2 Å². The molecule has 0 radical (unpaired) electrons. The second-order valence-electron chi connectivity index (χ2n) is 19.6. The average molecular weight is 746 g/mol. The lowest BCUT2D eigenvalue weighted by Crippen LogP contribution is -2.74. The predicted octanol–water partition coefficient (Wildman–Crippen LogP) is 14.7. The molecule has 278 valence electrons. The van der Waals surface area contributed by atoms with Crippen LogP contribution in [0.5, 0.6) is 0 Å². The van der Waals surface area contributed by atoms with Crippen LogP contribution in [0.1, 0.15) is 88.5 Å². The van der Waals surface area contributed by atoms with Crippen LogP contribution in [-0.2, 0) is 16.2 Å². The first-order valence-corrected chi connectivity index (χ1v) is 22.1. The predicted molar refractivity (Wildman–Crippen MR) is 233 cm³/mol. The molecular formula is C54H51NS. The fourth-order valence-electron chi connectivity index (χ4n) is 13.8. The maximum Gasteiger partial charge on any atom is 0.0682 e. The SMILES string of the molecule is CC1(C)CCC(C)(C)c2cc(N(c3ccc(-c4ccccc4)cc3)c3c(-c4ccccc4)ccc4c3Sc3ccccc3C43C4CC5CC6CC3C64C5)ccc21. The highest BCUT2D eigenvalue weighted by molar-refractivity contribution is 7.99. The van der Waals surface area contributed by atoms with Gasteiger partial charge in [0, 0.05) is 32.1 Å². The Bertz CT molecular complexity index is 2550. The minimum atomic E-state index is 0.0948. The van der Waals surface area contributed by atoms with Crippen LogP contribution in [0, 0.1) is 29.1 Å². The molecule has 1 heterocycles. The van der Waals surface area contributed by atoms with E-state index in [1.54, 1.807) is 11.1 Å². The summed E-state index contributed by atoms with van der Waals surface area (Å²) in [6.07, 6.45) is 8.19. The Morgan fingerprint density at radius 3 is 1.91 bits per heavy atom. The Morgan fingerprint density at radius 1 is 0.536 bits per heavy atom. The fraction of sp³-hybridized carbons (Fsp3) is 0.333. The summed E-state index contributed by atoms with van der Waals surface area (Å²) >= 11 is 2.05. The molecule has 0 saturated heterocycles. The molecule has 6 aromatic rings. The summed E-state index contributed by atoms with van der Waals surface area (Å²) in [7, 11) is 0. The number of fused-ring (bicyclic) bond motifs is 8. The van der Waals surface area contributed by atoms with Crippen LogP contribution in [-0.4, -0.2) is 0 Å². The van der Waals surface area contributed by atoms with Crippen molar-refractivity contribution in [1.29, 1.82) is 0 Å². The van der Waals surface area contributed by atoms with Gasteiger partial charge < -0.3 is 4.90 Å². The van der Waals surface area contributed by atoms with Gasteiger partial charge in [-0.25, -0.2) is 0 Å². The number of benzene rings is 6. The fourth-order valence-corrected chi connectivity index (χ4v) is 15.1. The van der Waals surface area contributed by atoms with Crippen molar-refractivity contribution in [3.05, 3.63) is 162 Å². The third-order valence-corrected chi connectivity index (χ3v) is 17.5. The lowest BCUT2D eigenvalue weighted by atomic mass is 9.26. The summed E-state index contributed by atoms with van der Waals surface area (Å²) in [4.78, 5) is 5.61. The number of nitrogens with zero attached hydrogens (tertiary/aromatic N) is 1. The molecule has 2 bridgehead atoms. The highest BCUT2D eigenvalue weighted by Gasteiger charge is 2.84. The molecule has 6 aromatic carbocycles. The lowest BCUT2D eigenvalue weighted by Gasteiger charge is -2.78. The van der Waals surface area contributed by atoms with Gasteiger partial charge in [0.2, 0.25) is 0 Å². The van der Waals surface area contributed by atoms with E-state index in [9.17, 15) is 0 Å². The van der Waals surface area contributed by atoms with Crippen molar-refractivity contribution in [1.82, 2.24) is 0 Å². The zero-order chi connectivity index (χ0) is 37.6. The third-order valence-electron chi connectivity index (χ3n) is 16.3. The molecule has 0 N–H and O–H groups in total. The molecule has 6 atom stereocenters. The Balaban J connectivity index is 1.14. The standard InChI is InChI=1S/C54H51NS/c1-51(2)27-28-52(3,4)45-32-40(23-25-42(45)51)55(39-21-19-36(20-22-39)35-13-7-5-8-14-35)49-41(37-15-9-6-10-16-37)24-26-44-50(49)56-46-18-12-11-17-43(46)54(44)47-30-34-29-38-31-48(54)53(38,47)33-34/h5-26,32,34,38,47-48H,27-31,33H2,1-4H3. The second kappa shape index (κ2) is 11.5. The maximum absolute atomic E-state index is 2.67. The van der Waals surface area contributed by atoms with E-state index < -0.39 is 0 Å². The van der Waals surface area contributed by atoms with Crippen LogP contribution in [0.25, 0.3) is 22.3 Å². The van der Waals surface area contributed by atoms with E-state index in [4.69, 9.17) is 0 Å². The molecule has 4 fully saturated rings. The molecule has 5 aliphatic carbocycles. The summed E-state index contributed by atoms with van der Waals surface area (Å²) in [5.74, 6) is 3.38. The van der Waals surface area contributed by atoms with Gasteiger partial charge in [-0.1, -0.05) is 149 Å². The first-order chi connectivity index (χ1) is 27.2. The molecule has 6 aliphatic rings. The molecule has 56 heavy (non-hydrogen) atoms. The quantitative estimate of drug-likeness (QED) is 0.173. The molecule has 2 heteroatoms. The summed E-state index contributed by atoms with van der Waals surface area (Å²) in [5.41, 5.74) is 16.1. The van der Waals surface area contributed by atoms with Crippen molar-refractivity contribution in [3.8, 4) is 22.3 Å². The third kappa shape index (κ3) is 4.30. The largest absolute Gasteiger partial charge is 0.309 e. The molecule has 6 unspecified atom stereocenters. The minimum Gasteiger partial charge on any atom is -0.309 e. The normalized spacial score (nSPS) is 29.0. The van der Waals surface area contributed by atoms with E-state index in [0.717, 1.165) is 23.7 Å². The van der Waals surface area contributed by atoms with Gasteiger partial charge in [-0.15, -0.1) is 0 Å². The van der Waals surface area contributed by atoms with Crippen molar-refractivity contribution < 1.29 is 0 Å². The van der Waals surface area contributed by atoms with Gasteiger partial charge in [-0.2, -0.15) is 0 Å². The maximum atomic E-state index is 2.67. The number of anilines is 3. The molecule has 0 aromatic heterocycles. The first-order valence-electron chi connectivity index (χ1n) is 21.3. The molecular weight excluding hydrogens is 695 g/mol. The first kappa shape index (κ1) is 33.6. The molecule has 1 aliphatic heterocycles. The molecule has 2 spiro atoms. The average Bonchev–Trinajstić information content (AvgIpc) is 3.76. The topological polar surface area (TPSA) is 3.24 Å². The van der Waals surface area contributed by atoms with E-state index in [0.29, 0.717) is 5.41 Å². The van der Waals surface area contributed by atoms with E-state index in [1.165, 1.54) is 98.8 Å². The molecule has 12 rings (SSSR count). The summed E-state index contributed by atoms with van der Waals surface area (Å²) in [6.45, 7) is 9.82. The van der Waals surface area contributed by atoms with Gasteiger partial charge in [0.15, 0.2) is 0 Å². The van der Waals surface area contributed by atoms with Crippen molar-refractivity contribution in [2.75, 3.05) is 4.90 Å². The molecule has 0 amide bonds.